The summed E-state index contributed by atoms with van der Waals surface area (Å²) in [6.07, 6.45) is 7.57. The molecule has 0 spiro atoms. The Kier molecular flexibility index (Phi) is 4.74. The van der Waals surface area contributed by atoms with Crippen LogP contribution in [0.4, 0.5) is 0 Å². The normalized spacial score (nSPS) is 17.1. The highest BCUT2D eigenvalue weighted by Crippen LogP contribution is 2.32. The van der Waals surface area contributed by atoms with E-state index >= 15 is 0 Å². The van der Waals surface area contributed by atoms with Crippen LogP contribution in [0, 0.1) is 0 Å². The molecule has 0 saturated heterocycles. The Hall–Kier alpha value is 0.01000. The highest BCUT2D eigenvalue weighted by atomic mass is 32.2. The number of thioether (sulfide) groups is 1. The van der Waals surface area contributed by atoms with Crippen molar-refractivity contribution in [1.29, 1.82) is 0 Å². The van der Waals surface area contributed by atoms with Gasteiger partial charge in [0.1, 0.15) is 0 Å². The molecule has 1 aromatic heterocycles. The molecule has 0 saturated carbocycles. The van der Waals surface area contributed by atoms with Crippen LogP contribution >= 0.6 is 23.1 Å². The van der Waals surface area contributed by atoms with Crippen molar-refractivity contribution in [3.63, 3.8) is 0 Å². The first kappa shape index (κ1) is 12.5. The van der Waals surface area contributed by atoms with E-state index in [4.69, 9.17) is 0 Å². The van der Waals surface area contributed by atoms with Gasteiger partial charge in [0.05, 0.1) is 0 Å². The van der Waals surface area contributed by atoms with Crippen LogP contribution in [0.3, 0.4) is 0 Å². The number of hydrogen-bond acceptors (Lipinski definition) is 3. The van der Waals surface area contributed by atoms with E-state index < -0.39 is 0 Å². The van der Waals surface area contributed by atoms with Gasteiger partial charge in [-0.05, 0) is 50.5 Å². The molecule has 1 atom stereocenters. The molecule has 1 aliphatic carbocycles. The molecular weight excluding hydrogens is 234 g/mol. The third kappa shape index (κ3) is 3.02. The molecular formula is C13H21NS2. The van der Waals surface area contributed by atoms with Gasteiger partial charge in [0.15, 0.2) is 0 Å². The smallest absolute Gasteiger partial charge is 0.0386 e. The van der Waals surface area contributed by atoms with Gasteiger partial charge in [-0.1, -0.05) is 0 Å². The highest BCUT2D eigenvalue weighted by Gasteiger charge is 2.15. The zero-order chi connectivity index (χ0) is 11.4. The lowest BCUT2D eigenvalue weighted by Crippen LogP contribution is -2.20. The Labute approximate surface area is 107 Å². The van der Waals surface area contributed by atoms with Crippen LogP contribution in [0.2, 0.25) is 0 Å². The first-order valence-corrected chi connectivity index (χ1v) is 8.36. The minimum Gasteiger partial charge on any atom is -0.309 e. The van der Waals surface area contributed by atoms with E-state index in [1.54, 1.807) is 10.4 Å². The molecule has 1 aromatic rings. The first-order valence-electron chi connectivity index (χ1n) is 6.15. The van der Waals surface area contributed by atoms with Gasteiger partial charge in [-0.25, -0.2) is 0 Å². The third-order valence-electron chi connectivity index (χ3n) is 3.20. The van der Waals surface area contributed by atoms with Crippen LogP contribution in [0.25, 0.3) is 0 Å². The van der Waals surface area contributed by atoms with Crippen molar-refractivity contribution in [3.8, 4) is 0 Å². The summed E-state index contributed by atoms with van der Waals surface area (Å²) in [5.41, 5.74) is 1.63. The van der Waals surface area contributed by atoms with E-state index in [-0.39, 0.29) is 0 Å². The maximum atomic E-state index is 3.60. The lowest BCUT2D eigenvalue weighted by atomic mass is 9.99. The number of rotatable bonds is 5. The van der Waals surface area contributed by atoms with Crippen LogP contribution in [0.15, 0.2) is 6.07 Å². The first-order chi connectivity index (χ1) is 7.81. The molecule has 2 rings (SSSR count). The largest absolute Gasteiger partial charge is 0.309 e. The number of fused-ring (bicyclic) bond motifs is 1. The fourth-order valence-electron chi connectivity index (χ4n) is 2.21. The van der Waals surface area contributed by atoms with Crippen molar-refractivity contribution in [1.82, 2.24) is 5.32 Å². The van der Waals surface area contributed by atoms with Crippen molar-refractivity contribution < 1.29 is 0 Å². The maximum Gasteiger partial charge on any atom is 0.0386 e. The van der Waals surface area contributed by atoms with Crippen molar-refractivity contribution in [2.75, 3.05) is 18.6 Å². The van der Waals surface area contributed by atoms with E-state index in [0.29, 0.717) is 6.04 Å². The second-order valence-corrected chi connectivity index (χ2v) is 6.63. The van der Waals surface area contributed by atoms with Crippen molar-refractivity contribution in [2.24, 2.45) is 0 Å². The molecule has 0 aliphatic heterocycles. The summed E-state index contributed by atoms with van der Waals surface area (Å²) in [5, 5.41) is 3.60. The van der Waals surface area contributed by atoms with Gasteiger partial charge < -0.3 is 5.32 Å². The Morgan fingerprint density at radius 1 is 1.44 bits per heavy atom. The van der Waals surface area contributed by atoms with Gasteiger partial charge in [0, 0.05) is 28.1 Å². The summed E-state index contributed by atoms with van der Waals surface area (Å²) in [7, 11) is 0. The van der Waals surface area contributed by atoms with Gasteiger partial charge in [-0.2, -0.15) is 11.8 Å². The Balaban J connectivity index is 1.95. The number of aryl methyl sites for hydroxylation is 2. The van der Waals surface area contributed by atoms with Crippen LogP contribution in [-0.4, -0.2) is 18.6 Å². The zero-order valence-electron chi connectivity index (χ0n) is 10.2. The van der Waals surface area contributed by atoms with Crippen molar-refractivity contribution >= 4 is 23.1 Å². The minimum absolute atomic E-state index is 0.530. The van der Waals surface area contributed by atoms with Gasteiger partial charge in [0.25, 0.3) is 0 Å². The molecule has 0 fully saturated rings. The van der Waals surface area contributed by atoms with E-state index in [1.807, 2.05) is 23.1 Å². The Bertz CT molecular complexity index is 309. The average molecular weight is 255 g/mol. The molecule has 0 aromatic carbocycles. The van der Waals surface area contributed by atoms with Gasteiger partial charge in [0.2, 0.25) is 0 Å². The lowest BCUT2D eigenvalue weighted by Gasteiger charge is -2.10. The van der Waals surface area contributed by atoms with E-state index in [0.717, 1.165) is 6.54 Å². The predicted octanol–water partition coefficient (Wildman–Crippen LogP) is 3.64. The van der Waals surface area contributed by atoms with Crippen LogP contribution < -0.4 is 5.32 Å². The third-order valence-corrected chi connectivity index (χ3v) is 5.23. The quantitative estimate of drug-likeness (QED) is 0.806. The summed E-state index contributed by atoms with van der Waals surface area (Å²) in [4.78, 5) is 3.19. The van der Waals surface area contributed by atoms with Gasteiger partial charge in [-0.3, -0.25) is 0 Å². The fraction of sp³-hybridized carbons (Fsp3) is 0.692. The topological polar surface area (TPSA) is 12.0 Å². The summed E-state index contributed by atoms with van der Waals surface area (Å²) in [5.74, 6) is 1.20. The average Bonchev–Trinajstić information content (AvgIpc) is 2.73. The predicted molar refractivity (Wildman–Crippen MR) is 75.8 cm³/mol. The molecule has 1 unspecified atom stereocenters. The standard InChI is InChI=1S/C13H21NS2/c1-10(14-7-8-15-2)13-9-11-5-3-4-6-12(11)16-13/h9-10,14H,3-8H2,1-2H3. The van der Waals surface area contributed by atoms with Gasteiger partial charge in [-0.15, -0.1) is 11.3 Å². The minimum atomic E-state index is 0.530. The SMILES string of the molecule is CSCCNC(C)c1cc2c(s1)CCCC2. The van der Waals surface area contributed by atoms with Crippen molar-refractivity contribution in [2.45, 2.75) is 38.6 Å². The van der Waals surface area contributed by atoms with E-state index in [9.17, 15) is 0 Å². The van der Waals surface area contributed by atoms with Crippen molar-refractivity contribution in [3.05, 3.63) is 21.4 Å². The highest BCUT2D eigenvalue weighted by molar-refractivity contribution is 7.98. The second kappa shape index (κ2) is 6.08. The van der Waals surface area contributed by atoms with Crippen LogP contribution in [0.5, 0.6) is 0 Å². The van der Waals surface area contributed by atoms with E-state index in [2.05, 4.69) is 24.6 Å². The molecule has 0 radical (unpaired) electrons. The lowest BCUT2D eigenvalue weighted by molar-refractivity contribution is 0.610. The Morgan fingerprint density at radius 3 is 3.00 bits per heavy atom. The summed E-state index contributed by atoms with van der Waals surface area (Å²) in [6, 6.07) is 2.97. The molecule has 16 heavy (non-hydrogen) atoms. The molecule has 90 valence electrons. The van der Waals surface area contributed by atoms with Crippen LogP contribution in [0.1, 0.15) is 41.1 Å². The molecule has 0 amide bonds. The molecule has 3 heteroatoms. The molecule has 1 N–H and O–H groups in total. The number of thiophene rings is 1. The number of hydrogen-bond donors (Lipinski definition) is 1. The van der Waals surface area contributed by atoms with Gasteiger partial charge >= 0.3 is 0 Å². The molecule has 1 aliphatic rings. The summed E-state index contributed by atoms with van der Waals surface area (Å²) < 4.78 is 0. The molecule has 0 bridgehead atoms. The van der Waals surface area contributed by atoms with Crippen LogP contribution in [-0.2, 0) is 12.8 Å². The maximum absolute atomic E-state index is 3.60. The fourth-order valence-corrected chi connectivity index (χ4v) is 3.81. The molecule has 1 nitrogen and oxygen atoms in total. The Morgan fingerprint density at radius 2 is 2.25 bits per heavy atom. The summed E-state index contributed by atoms with van der Waals surface area (Å²) >= 11 is 3.94. The summed E-state index contributed by atoms with van der Waals surface area (Å²) in [6.45, 7) is 3.41. The second-order valence-electron chi connectivity index (χ2n) is 4.47. The molecule has 1 heterocycles. The monoisotopic (exact) mass is 255 g/mol. The van der Waals surface area contributed by atoms with E-state index in [1.165, 1.54) is 36.3 Å². The number of nitrogens with one attached hydrogen (secondary N) is 1. The zero-order valence-corrected chi connectivity index (χ0v) is 11.8.